The smallest absolute Gasteiger partial charge is 0.262 e. The minimum atomic E-state index is -0.926. The Bertz CT molecular complexity index is 939. The number of nitrogens with one attached hydrogen (secondary N) is 3. The number of benzene rings is 1. The summed E-state index contributed by atoms with van der Waals surface area (Å²) in [6.45, 7) is 1.66. The van der Waals surface area contributed by atoms with Gasteiger partial charge >= 0.3 is 0 Å². The van der Waals surface area contributed by atoms with Crippen LogP contribution in [0, 0.1) is 0 Å². The van der Waals surface area contributed by atoms with E-state index in [9.17, 15) is 19.2 Å². The van der Waals surface area contributed by atoms with Crippen LogP contribution in [-0.2, 0) is 16.1 Å². The minimum absolute atomic E-state index is 0.122. The van der Waals surface area contributed by atoms with Crippen molar-refractivity contribution in [1.29, 1.82) is 0 Å². The maximum absolute atomic E-state index is 12.9. The normalized spacial score (nSPS) is 27.8. The number of hydrogen-bond donors (Lipinski definition) is 3. The standard InChI is InChI=1S/C22H26N4O4/c27-18-5-4-17(19(28)25-18)26-20(29)15-3-2-13(10-16(15)21(26)30)12-23-14-6-9-24-22(11-14)7-1-8-22/h2-3,10,14,17,23-24H,1,4-9,11-12H2,(H,25,27,28). The fraction of sp³-hybridized carbons (Fsp3) is 0.545. The number of amides is 4. The molecule has 2 saturated heterocycles. The van der Waals surface area contributed by atoms with E-state index in [0.29, 0.717) is 29.3 Å². The molecule has 3 fully saturated rings. The lowest BCUT2D eigenvalue weighted by Gasteiger charge is -2.48. The summed E-state index contributed by atoms with van der Waals surface area (Å²) in [5, 5.41) is 9.50. The van der Waals surface area contributed by atoms with E-state index in [1.807, 2.05) is 6.07 Å². The van der Waals surface area contributed by atoms with Crippen LogP contribution < -0.4 is 16.0 Å². The summed E-state index contributed by atoms with van der Waals surface area (Å²) < 4.78 is 0. The molecule has 4 aliphatic rings. The molecule has 2 unspecified atom stereocenters. The molecule has 0 radical (unpaired) electrons. The van der Waals surface area contributed by atoms with Gasteiger partial charge in [-0.15, -0.1) is 0 Å². The third-order valence-corrected chi connectivity index (χ3v) is 7.04. The molecule has 8 heteroatoms. The fourth-order valence-corrected chi connectivity index (χ4v) is 5.21. The third-order valence-electron chi connectivity index (χ3n) is 7.04. The van der Waals surface area contributed by atoms with Gasteiger partial charge in [-0.1, -0.05) is 6.07 Å². The number of fused-ring (bicyclic) bond motifs is 1. The van der Waals surface area contributed by atoms with Crippen molar-refractivity contribution in [3.8, 4) is 0 Å². The summed E-state index contributed by atoms with van der Waals surface area (Å²) in [5.74, 6) is -1.88. The second-order valence-corrected chi connectivity index (χ2v) is 8.96. The first-order valence-corrected chi connectivity index (χ1v) is 10.8. The average Bonchev–Trinajstić information content (AvgIpc) is 2.96. The molecular weight excluding hydrogens is 384 g/mol. The van der Waals surface area contributed by atoms with Gasteiger partial charge in [0.2, 0.25) is 11.8 Å². The molecule has 8 nitrogen and oxygen atoms in total. The Morgan fingerprint density at radius 1 is 1.07 bits per heavy atom. The summed E-state index contributed by atoms with van der Waals surface area (Å²) in [5.41, 5.74) is 1.92. The van der Waals surface area contributed by atoms with Crippen LogP contribution in [0.5, 0.6) is 0 Å². The van der Waals surface area contributed by atoms with E-state index in [-0.39, 0.29) is 18.7 Å². The van der Waals surface area contributed by atoms with E-state index in [1.165, 1.54) is 19.3 Å². The average molecular weight is 410 g/mol. The Hall–Kier alpha value is -2.58. The van der Waals surface area contributed by atoms with Gasteiger partial charge in [0, 0.05) is 24.5 Å². The fourth-order valence-electron chi connectivity index (χ4n) is 5.21. The third kappa shape index (κ3) is 3.24. The summed E-state index contributed by atoms with van der Waals surface area (Å²) in [4.78, 5) is 50.3. The molecule has 5 rings (SSSR count). The maximum atomic E-state index is 12.9. The minimum Gasteiger partial charge on any atom is -0.311 e. The van der Waals surface area contributed by atoms with Gasteiger partial charge in [0.15, 0.2) is 0 Å². The molecule has 158 valence electrons. The van der Waals surface area contributed by atoms with Gasteiger partial charge in [0.05, 0.1) is 11.1 Å². The molecular formula is C22H26N4O4. The summed E-state index contributed by atoms with van der Waals surface area (Å²) in [7, 11) is 0. The Labute approximate surface area is 174 Å². The zero-order chi connectivity index (χ0) is 20.9. The van der Waals surface area contributed by atoms with Crippen LogP contribution in [0.4, 0.5) is 0 Å². The van der Waals surface area contributed by atoms with Crippen LogP contribution >= 0.6 is 0 Å². The van der Waals surface area contributed by atoms with Gasteiger partial charge in [0.25, 0.3) is 11.8 Å². The second kappa shape index (κ2) is 7.28. The number of rotatable bonds is 4. The Kier molecular flexibility index (Phi) is 4.71. The van der Waals surface area contributed by atoms with Crippen molar-refractivity contribution in [3.63, 3.8) is 0 Å². The van der Waals surface area contributed by atoms with Gasteiger partial charge in [-0.2, -0.15) is 0 Å². The van der Waals surface area contributed by atoms with Crippen molar-refractivity contribution in [2.24, 2.45) is 0 Å². The number of nitrogens with zero attached hydrogens (tertiary/aromatic N) is 1. The molecule has 1 aromatic rings. The van der Waals surface area contributed by atoms with Gasteiger partial charge in [-0.05, 0) is 62.8 Å². The lowest BCUT2D eigenvalue weighted by Crippen LogP contribution is -2.59. The molecule has 3 aliphatic heterocycles. The highest BCUT2D eigenvalue weighted by Crippen LogP contribution is 2.38. The quantitative estimate of drug-likeness (QED) is 0.636. The topological polar surface area (TPSA) is 108 Å². The van der Waals surface area contributed by atoms with Crippen LogP contribution in [0.2, 0.25) is 0 Å². The van der Waals surface area contributed by atoms with Crippen LogP contribution in [-0.4, -0.2) is 52.7 Å². The van der Waals surface area contributed by atoms with Gasteiger partial charge in [0.1, 0.15) is 6.04 Å². The van der Waals surface area contributed by atoms with Gasteiger partial charge in [-0.25, -0.2) is 0 Å². The Balaban J connectivity index is 1.28. The van der Waals surface area contributed by atoms with Crippen molar-refractivity contribution >= 4 is 23.6 Å². The predicted molar refractivity (Wildman–Crippen MR) is 108 cm³/mol. The van der Waals surface area contributed by atoms with Crippen molar-refractivity contribution < 1.29 is 19.2 Å². The summed E-state index contributed by atoms with van der Waals surface area (Å²) in [6.07, 6.45) is 6.28. The molecule has 4 amide bonds. The molecule has 2 atom stereocenters. The predicted octanol–water partition coefficient (Wildman–Crippen LogP) is 0.852. The lowest BCUT2D eigenvalue weighted by molar-refractivity contribution is -0.136. The van der Waals surface area contributed by atoms with Crippen molar-refractivity contribution in [3.05, 3.63) is 34.9 Å². The second-order valence-electron chi connectivity index (χ2n) is 8.96. The zero-order valence-corrected chi connectivity index (χ0v) is 16.8. The van der Waals surface area contributed by atoms with E-state index in [2.05, 4.69) is 16.0 Å². The van der Waals surface area contributed by atoms with Crippen LogP contribution in [0.1, 0.15) is 71.2 Å². The number of imide groups is 2. The lowest BCUT2D eigenvalue weighted by atomic mass is 9.70. The van der Waals surface area contributed by atoms with E-state index < -0.39 is 23.8 Å². The molecule has 1 aliphatic carbocycles. The number of hydrogen-bond acceptors (Lipinski definition) is 6. The largest absolute Gasteiger partial charge is 0.311 e. The van der Waals surface area contributed by atoms with Crippen LogP contribution in [0.3, 0.4) is 0 Å². The van der Waals surface area contributed by atoms with Crippen molar-refractivity contribution in [1.82, 2.24) is 20.9 Å². The van der Waals surface area contributed by atoms with E-state index >= 15 is 0 Å². The highest BCUT2D eigenvalue weighted by Gasteiger charge is 2.45. The van der Waals surface area contributed by atoms with E-state index in [4.69, 9.17) is 0 Å². The monoisotopic (exact) mass is 410 g/mol. The van der Waals surface area contributed by atoms with Crippen LogP contribution in [0.25, 0.3) is 0 Å². The van der Waals surface area contributed by atoms with Gasteiger partial charge < -0.3 is 10.6 Å². The van der Waals surface area contributed by atoms with Crippen molar-refractivity contribution in [2.45, 2.75) is 69.1 Å². The number of piperidine rings is 2. The molecule has 3 heterocycles. The van der Waals surface area contributed by atoms with Gasteiger partial charge in [-0.3, -0.25) is 29.4 Å². The molecule has 0 bridgehead atoms. The molecule has 1 aromatic carbocycles. The van der Waals surface area contributed by atoms with Crippen LogP contribution in [0.15, 0.2) is 18.2 Å². The number of carbonyl (C=O) groups is 4. The zero-order valence-electron chi connectivity index (χ0n) is 16.8. The first-order valence-electron chi connectivity index (χ1n) is 10.8. The maximum Gasteiger partial charge on any atom is 0.262 e. The number of carbonyl (C=O) groups excluding carboxylic acids is 4. The van der Waals surface area contributed by atoms with E-state index in [0.717, 1.165) is 29.8 Å². The first-order chi connectivity index (χ1) is 14.5. The first kappa shape index (κ1) is 19.4. The molecule has 30 heavy (non-hydrogen) atoms. The Morgan fingerprint density at radius 3 is 2.60 bits per heavy atom. The summed E-state index contributed by atoms with van der Waals surface area (Å²) in [6, 6.07) is 4.82. The summed E-state index contributed by atoms with van der Waals surface area (Å²) >= 11 is 0. The van der Waals surface area contributed by atoms with Crippen molar-refractivity contribution in [2.75, 3.05) is 6.54 Å². The SMILES string of the molecule is O=C1CCC(N2C(=O)c3ccc(CNC4CCNC5(CCC5)C4)cc3C2=O)C(=O)N1. The van der Waals surface area contributed by atoms with E-state index in [1.54, 1.807) is 12.1 Å². The molecule has 0 aromatic heterocycles. The molecule has 1 saturated carbocycles. The Morgan fingerprint density at radius 2 is 1.87 bits per heavy atom. The highest BCUT2D eigenvalue weighted by molar-refractivity contribution is 6.23. The highest BCUT2D eigenvalue weighted by atomic mass is 16.2. The molecule has 3 N–H and O–H groups in total. The molecule has 1 spiro atoms.